The number of nitrogens with zero attached hydrogens (tertiary/aromatic N) is 1. The van der Waals surface area contributed by atoms with E-state index in [1.807, 2.05) is 18.3 Å². The Morgan fingerprint density at radius 3 is 2.94 bits per heavy atom. The van der Waals surface area contributed by atoms with E-state index in [-0.39, 0.29) is 5.54 Å². The van der Waals surface area contributed by atoms with E-state index >= 15 is 0 Å². The number of ether oxygens (including phenoxy) is 1. The Hall–Kier alpha value is -1.61. The zero-order valence-electron chi connectivity index (χ0n) is 10.9. The minimum absolute atomic E-state index is 0.0631. The minimum atomic E-state index is 0.0631. The number of pyridine rings is 1. The van der Waals surface area contributed by atoms with Gasteiger partial charge in [-0.1, -0.05) is 12.1 Å². The predicted octanol–water partition coefficient (Wildman–Crippen LogP) is 2.84. The number of hydrogen-bond acceptors (Lipinski definition) is 3. The van der Waals surface area contributed by atoms with Crippen LogP contribution in [0.25, 0.3) is 10.9 Å². The molecule has 0 bridgehead atoms. The third-order valence-corrected chi connectivity index (χ3v) is 3.92. The van der Waals surface area contributed by atoms with Crippen LogP contribution in [0.3, 0.4) is 0 Å². The molecule has 0 radical (unpaired) electrons. The number of benzene rings is 1. The SMILES string of the molecule is COc1ccc(C2(C)CCCN2)c2cccnc12. The third kappa shape index (κ3) is 1.66. The van der Waals surface area contributed by atoms with Gasteiger partial charge in [-0.2, -0.15) is 0 Å². The van der Waals surface area contributed by atoms with Crippen LogP contribution >= 0.6 is 0 Å². The van der Waals surface area contributed by atoms with E-state index < -0.39 is 0 Å². The number of nitrogens with one attached hydrogen (secondary N) is 1. The predicted molar refractivity (Wildman–Crippen MR) is 72.9 cm³/mol. The van der Waals surface area contributed by atoms with E-state index in [4.69, 9.17) is 4.74 Å². The standard InChI is InChI=1S/C15H18N2O/c1-15(8-4-10-17-15)12-6-7-13(18-2)14-11(12)5-3-9-16-14/h3,5-7,9,17H,4,8,10H2,1-2H3. The Kier molecular flexibility index (Phi) is 2.71. The highest BCUT2D eigenvalue weighted by molar-refractivity contribution is 5.88. The number of fused-ring (bicyclic) bond motifs is 1. The fourth-order valence-electron chi connectivity index (χ4n) is 2.92. The minimum Gasteiger partial charge on any atom is -0.494 e. The zero-order chi connectivity index (χ0) is 12.6. The van der Waals surface area contributed by atoms with Crippen LogP contribution in [0.4, 0.5) is 0 Å². The largest absolute Gasteiger partial charge is 0.494 e. The maximum absolute atomic E-state index is 5.40. The van der Waals surface area contributed by atoms with Gasteiger partial charge in [0.15, 0.2) is 0 Å². The fourth-order valence-corrected chi connectivity index (χ4v) is 2.92. The van der Waals surface area contributed by atoms with Gasteiger partial charge in [-0.15, -0.1) is 0 Å². The van der Waals surface area contributed by atoms with Gasteiger partial charge in [0.2, 0.25) is 0 Å². The van der Waals surface area contributed by atoms with Crippen LogP contribution in [0.5, 0.6) is 5.75 Å². The van der Waals surface area contributed by atoms with Crippen LogP contribution in [0.2, 0.25) is 0 Å². The lowest BCUT2D eigenvalue weighted by molar-refractivity contribution is 0.416. The van der Waals surface area contributed by atoms with Gasteiger partial charge in [0.25, 0.3) is 0 Å². The van der Waals surface area contributed by atoms with E-state index in [0.29, 0.717) is 0 Å². The first kappa shape index (κ1) is 11.5. The van der Waals surface area contributed by atoms with Crippen molar-refractivity contribution >= 4 is 10.9 Å². The smallest absolute Gasteiger partial charge is 0.145 e. The van der Waals surface area contributed by atoms with Crippen molar-refractivity contribution in [1.82, 2.24) is 10.3 Å². The first-order valence-electron chi connectivity index (χ1n) is 6.42. The molecule has 3 nitrogen and oxygen atoms in total. The number of rotatable bonds is 2. The van der Waals surface area contributed by atoms with Gasteiger partial charge in [0, 0.05) is 17.1 Å². The first-order valence-corrected chi connectivity index (χ1v) is 6.42. The Balaban J connectivity index is 2.25. The van der Waals surface area contributed by atoms with E-state index in [9.17, 15) is 0 Å². The summed E-state index contributed by atoms with van der Waals surface area (Å²) in [6, 6.07) is 8.31. The summed E-state index contributed by atoms with van der Waals surface area (Å²) in [7, 11) is 1.69. The molecule has 1 atom stereocenters. The summed E-state index contributed by atoms with van der Waals surface area (Å²) in [5.41, 5.74) is 2.34. The number of hydrogen-bond donors (Lipinski definition) is 1. The molecule has 0 saturated carbocycles. The molecule has 1 aliphatic rings. The van der Waals surface area contributed by atoms with Gasteiger partial charge in [-0.25, -0.2) is 0 Å². The first-order chi connectivity index (χ1) is 8.74. The maximum atomic E-state index is 5.40. The summed E-state index contributed by atoms with van der Waals surface area (Å²) in [6.07, 6.45) is 4.21. The van der Waals surface area contributed by atoms with Crippen LogP contribution in [-0.4, -0.2) is 18.6 Å². The fraction of sp³-hybridized carbons (Fsp3) is 0.400. The molecule has 18 heavy (non-hydrogen) atoms. The Labute approximate surface area is 107 Å². The van der Waals surface area contributed by atoms with E-state index in [1.165, 1.54) is 23.8 Å². The average Bonchev–Trinajstić information content (AvgIpc) is 2.85. The molecule has 1 N–H and O–H groups in total. The average molecular weight is 242 g/mol. The molecule has 2 heterocycles. The second kappa shape index (κ2) is 4.25. The molecule has 0 spiro atoms. The normalized spacial score (nSPS) is 23.4. The summed E-state index contributed by atoms with van der Waals surface area (Å²) < 4.78 is 5.40. The van der Waals surface area contributed by atoms with Crippen molar-refractivity contribution in [3.63, 3.8) is 0 Å². The van der Waals surface area contributed by atoms with Crippen molar-refractivity contribution in [1.29, 1.82) is 0 Å². The Morgan fingerprint density at radius 1 is 1.33 bits per heavy atom. The number of aromatic nitrogens is 1. The third-order valence-electron chi connectivity index (χ3n) is 3.92. The van der Waals surface area contributed by atoms with Crippen LogP contribution in [0.1, 0.15) is 25.3 Å². The summed E-state index contributed by atoms with van der Waals surface area (Å²) in [5, 5.41) is 4.80. The van der Waals surface area contributed by atoms with Crippen molar-refractivity contribution in [2.45, 2.75) is 25.3 Å². The molecule has 3 rings (SSSR count). The molecule has 1 aromatic heterocycles. The summed E-state index contributed by atoms with van der Waals surface area (Å²) >= 11 is 0. The van der Waals surface area contributed by atoms with Crippen LogP contribution in [0.15, 0.2) is 30.5 Å². The Morgan fingerprint density at radius 2 is 2.22 bits per heavy atom. The topological polar surface area (TPSA) is 34.1 Å². The van der Waals surface area contributed by atoms with Gasteiger partial charge in [-0.3, -0.25) is 4.98 Å². The molecule has 1 unspecified atom stereocenters. The van der Waals surface area contributed by atoms with Gasteiger partial charge < -0.3 is 10.1 Å². The molecule has 2 aromatic rings. The molecule has 1 saturated heterocycles. The number of methoxy groups -OCH3 is 1. The van der Waals surface area contributed by atoms with Crippen molar-refractivity contribution in [3.05, 3.63) is 36.0 Å². The zero-order valence-corrected chi connectivity index (χ0v) is 10.9. The quantitative estimate of drug-likeness (QED) is 0.879. The lowest BCUT2D eigenvalue weighted by atomic mass is 9.87. The van der Waals surface area contributed by atoms with E-state index in [0.717, 1.165) is 17.8 Å². The summed E-state index contributed by atoms with van der Waals surface area (Å²) in [6.45, 7) is 3.36. The second-order valence-electron chi connectivity index (χ2n) is 5.08. The van der Waals surface area contributed by atoms with Crippen molar-refractivity contribution < 1.29 is 4.74 Å². The highest BCUT2D eigenvalue weighted by Crippen LogP contribution is 2.37. The second-order valence-corrected chi connectivity index (χ2v) is 5.08. The van der Waals surface area contributed by atoms with Crippen LogP contribution in [0, 0.1) is 0 Å². The van der Waals surface area contributed by atoms with E-state index in [1.54, 1.807) is 7.11 Å². The van der Waals surface area contributed by atoms with Crippen molar-refractivity contribution in [3.8, 4) is 5.75 Å². The van der Waals surface area contributed by atoms with Crippen molar-refractivity contribution in [2.75, 3.05) is 13.7 Å². The monoisotopic (exact) mass is 242 g/mol. The summed E-state index contributed by atoms with van der Waals surface area (Å²) in [5.74, 6) is 0.843. The lowest BCUT2D eigenvalue weighted by Crippen LogP contribution is -2.33. The van der Waals surface area contributed by atoms with Gasteiger partial charge >= 0.3 is 0 Å². The van der Waals surface area contributed by atoms with Gasteiger partial charge in [0.05, 0.1) is 7.11 Å². The van der Waals surface area contributed by atoms with Crippen molar-refractivity contribution in [2.24, 2.45) is 0 Å². The molecule has 1 fully saturated rings. The molecule has 94 valence electrons. The molecular weight excluding hydrogens is 224 g/mol. The highest BCUT2D eigenvalue weighted by Gasteiger charge is 2.31. The molecular formula is C15H18N2O. The van der Waals surface area contributed by atoms with Crippen LogP contribution in [-0.2, 0) is 5.54 Å². The molecule has 0 aliphatic carbocycles. The maximum Gasteiger partial charge on any atom is 0.145 e. The molecule has 0 amide bonds. The highest BCUT2D eigenvalue weighted by atomic mass is 16.5. The molecule has 3 heteroatoms. The van der Waals surface area contributed by atoms with Gasteiger partial charge in [-0.05, 0) is 44.0 Å². The Bertz CT molecular complexity index is 574. The summed E-state index contributed by atoms with van der Waals surface area (Å²) in [4.78, 5) is 4.46. The van der Waals surface area contributed by atoms with E-state index in [2.05, 4.69) is 29.4 Å². The lowest BCUT2D eigenvalue weighted by Gasteiger charge is -2.26. The van der Waals surface area contributed by atoms with Gasteiger partial charge in [0.1, 0.15) is 11.3 Å². The molecule has 1 aliphatic heterocycles. The molecule has 1 aromatic carbocycles. The van der Waals surface area contributed by atoms with Crippen LogP contribution < -0.4 is 10.1 Å².